The van der Waals surface area contributed by atoms with Crippen LogP contribution in [0.3, 0.4) is 0 Å². The van der Waals surface area contributed by atoms with Gasteiger partial charge in [0.25, 0.3) is 0 Å². The Hall–Kier alpha value is -1.09. The number of hydrogen-bond donors (Lipinski definition) is 0. The molecule has 3 heteroatoms. The number of hydrogen-bond acceptors (Lipinski definition) is 3. The fourth-order valence-corrected chi connectivity index (χ4v) is 1.30. The summed E-state index contributed by atoms with van der Waals surface area (Å²) in [7, 11) is 0. The first kappa shape index (κ1) is 13.9. The van der Waals surface area contributed by atoms with Crippen molar-refractivity contribution in [3.63, 3.8) is 0 Å². The van der Waals surface area contributed by atoms with Crippen molar-refractivity contribution < 1.29 is 9.53 Å². The fraction of sp³-hybridized carbons (Fsp3) is 0.583. The molecule has 0 unspecified atom stereocenters. The first-order valence-electron chi connectivity index (χ1n) is 5.34. The van der Waals surface area contributed by atoms with Gasteiger partial charge in [-0.3, -0.25) is 9.69 Å². The van der Waals surface area contributed by atoms with E-state index in [1.807, 2.05) is 19.1 Å². The third-order valence-corrected chi connectivity index (χ3v) is 1.94. The number of carbonyl (C=O) groups is 1. The largest absolute Gasteiger partial charge is 0.466 e. The summed E-state index contributed by atoms with van der Waals surface area (Å²) >= 11 is 0. The molecule has 0 spiro atoms. The Morgan fingerprint density at radius 3 is 2.40 bits per heavy atom. The average Bonchev–Trinajstić information content (AvgIpc) is 2.19. The first-order chi connectivity index (χ1) is 7.24. The zero-order valence-electron chi connectivity index (χ0n) is 9.58. The third kappa shape index (κ3) is 7.94. The number of nitrogens with zero attached hydrogens (tertiary/aromatic N) is 1. The molecule has 0 fully saturated rings. The summed E-state index contributed by atoms with van der Waals surface area (Å²) in [6.07, 6.45) is 5.01. The van der Waals surface area contributed by atoms with Crippen LogP contribution in [-0.2, 0) is 9.53 Å². The lowest BCUT2D eigenvalue weighted by Gasteiger charge is -2.17. The van der Waals surface area contributed by atoms with Crippen LogP contribution in [0, 0.1) is 0 Å². The highest BCUT2D eigenvalue weighted by molar-refractivity contribution is 5.69. The lowest BCUT2D eigenvalue weighted by atomic mass is 10.3. The van der Waals surface area contributed by atoms with Crippen LogP contribution in [0.5, 0.6) is 0 Å². The van der Waals surface area contributed by atoms with Gasteiger partial charge in [-0.25, -0.2) is 0 Å². The van der Waals surface area contributed by atoms with Gasteiger partial charge in [0.05, 0.1) is 6.61 Å². The maximum absolute atomic E-state index is 11.1. The monoisotopic (exact) mass is 211 g/mol. The Kier molecular flexibility index (Phi) is 8.78. The van der Waals surface area contributed by atoms with Crippen molar-refractivity contribution in [2.75, 3.05) is 26.2 Å². The molecular weight excluding hydrogens is 190 g/mol. The van der Waals surface area contributed by atoms with Crippen molar-refractivity contribution in [3.05, 3.63) is 25.3 Å². The molecule has 3 nitrogen and oxygen atoms in total. The van der Waals surface area contributed by atoms with Gasteiger partial charge in [-0.2, -0.15) is 0 Å². The summed E-state index contributed by atoms with van der Waals surface area (Å²) in [5.41, 5.74) is 0. The summed E-state index contributed by atoms with van der Waals surface area (Å²) in [5.74, 6) is -0.116. The molecule has 0 rings (SSSR count). The molecule has 0 saturated heterocycles. The molecule has 86 valence electrons. The van der Waals surface area contributed by atoms with Crippen molar-refractivity contribution in [1.82, 2.24) is 4.90 Å². The summed E-state index contributed by atoms with van der Waals surface area (Å²) in [5, 5.41) is 0. The minimum absolute atomic E-state index is 0.116. The van der Waals surface area contributed by atoms with Crippen molar-refractivity contribution >= 4 is 5.97 Å². The number of ether oxygens (including phenoxy) is 1. The molecule has 15 heavy (non-hydrogen) atoms. The van der Waals surface area contributed by atoms with Gasteiger partial charge < -0.3 is 4.74 Å². The highest BCUT2D eigenvalue weighted by Crippen LogP contribution is 1.98. The second kappa shape index (κ2) is 9.46. The third-order valence-electron chi connectivity index (χ3n) is 1.94. The van der Waals surface area contributed by atoms with Crippen molar-refractivity contribution in [1.29, 1.82) is 0 Å². The number of esters is 1. The predicted molar refractivity (Wildman–Crippen MR) is 62.7 cm³/mol. The molecule has 0 aliphatic carbocycles. The fourth-order valence-electron chi connectivity index (χ4n) is 1.30. The predicted octanol–water partition coefficient (Wildman–Crippen LogP) is 2.00. The molecular formula is C12H21NO2. The second-order valence-electron chi connectivity index (χ2n) is 3.25. The second-order valence-corrected chi connectivity index (χ2v) is 3.25. The van der Waals surface area contributed by atoms with Crippen LogP contribution >= 0.6 is 0 Å². The Bertz CT molecular complexity index is 192. The van der Waals surface area contributed by atoms with Crippen molar-refractivity contribution in [2.45, 2.75) is 19.8 Å². The maximum Gasteiger partial charge on any atom is 0.305 e. The van der Waals surface area contributed by atoms with Crippen molar-refractivity contribution in [2.24, 2.45) is 0 Å². The summed E-state index contributed by atoms with van der Waals surface area (Å²) in [6.45, 7) is 12.2. The van der Waals surface area contributed by atoms with Gasteiger partial charge >= 0.3 is 5.97 Å². The minimum Gasteiger partial charge on any atom is -0.466 e. The lowest BCUT2D eigenvalue weighted by molar-refractivity contribution is -0.143. The highest BCUT2D eigenvalue weighted by atomic mass is 16.5. The first-order valence-corrected chi connectivity index (χ1v) is 5.34. The topological polar surface area (TPSA) is 29.5 Å². The Morgan fingerprint density at radius 1 is 1.33 bits per heavy atom. The van der Waals surface area contributed by atoms with E-state index in [-0.39, 0.29) is 5.97 Å². The molecule has 0 atom stereocenters. The molecule has 0 aliphatic rings. The number of carbonyl (C=O) groups excluding carboxylic acids is 1. The van der Waals surface area contributed by atoms with Crippen molar-refractivity contribution in [3.8, 4) is 0 Å². The van der Waals surface area contributed by atoms with E-state index in [9.17, 15) is 4.79 Å². The van der Waals surface area contributed by atoms with E-state index in [2.05, 4.69) is 18.1 Å². The molecule has 0 heterocycles. The summed E-state index contributed by atoms with van der Waals surface area (Å²) in [6, 6.07) is 0. The Labute approximate surface area is 92.4 Å². The van der Waals surface area contributed by atoms with Gasteiger partial charge in [0.1, 0.15) is 0 Å². The minimum atomic E-state index is -0.116. The van der Waals surface area contributed by atoms with Crippen LogP contribution in [0.15, 0.2) is 25.3 Å². The number of rotatable bonds is 9. The molecule has 0 radical (unpaired) electrons. The van der Waals surface area contributed by atoms with Crippen LogP contribution in [0.2, 0.25) is 0 Å². The van der Waals surface area contributed by atoms with Gasteiger partial charge in [0, 0.05) is 19.5 Å². The average molecular weight is 211 g/mol. The van der Waals surface area contributed by atoms with E-state index in [4.69, 9.17) is 4.74 Å². The highest BCUT2D eigenvalue weighted by Gasteiger charge is 2.04. The smallest absolute Gasteiger partial charge is 0.305 e. The summed E-state index contributed by atoms with van der Waals surface area (Å²) < 4.78 is 4.85. The maximum atomic E-state index is 11.1. The van der Waals surface area contributed by atoms with Crippen LogP contribution in [0.4, 0.5) is 0 Å². The van der Waals surface area contributed by atoms with E-state index in [1.54, 1.807) is 0 Å². The Balaban J connectivity index is 3.64. The zero-order valence-corrected chi connectivity index (χ0v) is 9.58. The molecule has 0 saturated carbocycles. The standard InChI is InChI=1S/C12H21NO2/c1-4-9-13(10-5-2)11-7-8-12(14)15-6-3/h4-5H,1-2,6-11H2,3H3. The van der Waals surface area contributed by atoms with Gasteiger partial charge in [0.2, 0.25) is 0 Å². The van der Waals surface area contributed by atoms with E-state index >= 15 is 0 Å². The van der Waals surface area contributed by atoms with Gasteiger partial charge in [-0.05, 0) is 19.9 Å². The normalized spacial score (nSPS) is 10.0. The van der Waals surface area contributed by atoms with Gasteiger partial charge in [0.15, 0.2) is 0 Å². The van der Waals surface area contributed by atoms with Gasteiger partial charge in [-0.15, -0.1) is 13.2 Å². The van der Waals surface area contributed by atoms with Crippen LogP contribution < -0.4 is 0 Å². The quantitative estimate of drug-likeness (QED) is 0.431. The van der Waals surface area contributed by atoms with E-state index in [0.717, 1.165) is 26.1 Å². The zero-order chi connectivity index (χ0) is 11.5. The van der Waals surface area contributed by atoms with Gasteiger partial charge in [-0.1, -0.05) is 12.2 Å². The van der Waals surface area contributed by atoms with E-state index in [0.29, 0.717) is 13.0 Å². The van der Waals surface area contributed by atoms with Crippen LogP contribution in [0.1, 0.15) is 19.8 Å². The molecule has 0 N–H and O–H groups in total. The Morgan fingerprint density at radius 2 is 1.93 bits per heavy atom. The van der Waals surface area contributed by atoms with Crippen LogP contribution in [-0.4, -0.2) is 37.1 Å². The van der Waals surface area contributed by atoms with E-state index < -0.39 is 0 Å². The summed E-state index contributed by atoms with van der Waals surface area (Å²) in [4.78, 5) is 13.2. The molecule has 0 aromatic rings. The molecule has 0 aromatic carbocycles. The molecule has 0 aromatic heterocycles. The molecule has 0 bridgehead atoms. The lowest BCUT2D eigenvalue weighted by Crippen LogP contribution is -2.25. The molecule has 0 aliphatic heterocycles. The van der Waals surface area contributed by atoms with E-state index in [1.165, 1.54) is 0 Å². The molecule has 0 amide bonds. The van der Waals surface area contributed by atoms with Crippen LogP contribution in [0.25, 0.3) is 0 Å². The SMILES string of the molecule is C=CCN(CC=C)CCCC(=O)OCC.